The summed E-state index contributed by atoms with van der Waals surface area (Å²) in [6.45, 7) is 8.19. The van der Waals surface area contributed by atoms with Crippen molar-refractivity contribution in [2.24, 2.45) is 0 Å². The average molecular weight is 314 g/mol. The number of rotatable bonds is 5. The van der Waals surface area contributed by atoms with Crippen LogP contribution in [0.25, 0.3) is 0 Å². The summed E-state index contributed by atoms with van der Waals surface area (Å²) in [7, 11) is 0. The van der Waals surface area contributed by atoms with E-state index in [2.05, 4.69) is 5.32 Å². The van der Waals surface area contributed by atoms with Crippen LogP contribution in [0.4, 0.5) is 5.69 Å². The van der Waals surface area contributed by atoms with Gasteiger partial charge in [-0.3, -0.25) is 4.79 Å². The number of aryl methyl sites for hydroxylation is 4. The molecule has 122 valence electrons. The predicted octanol–water partition coefficient (Wildman–Crippen LogP) is 3.31. The van der Waals surface area contributed by atoms with Crippen molar-refractivity contribution in [1.82, 2.24) is 4.57 Å². The van der Waals surface area contributed by atoms with Crippen molar-refractivity contribution in [3.63, 3.8) is 0 Å². The van der Waals surface area contributed by atoms with Crippen molar-refractivity contribution in [3.8, 4) is 0 Å². The second-order valence-corrected chi connectivity index (χ2v) is 5.77. The number of aromatic carboxylic acids is 1. The molecule has 0 saturated heterocycles. The molecule has 0 aliphatic carbocycles. The van der Waals surface area contributed by atoms with Crippen LogP contribution < -0.4 is 5.32 Å². The lowest BCUT2D eigenvalue weighted by molar-refractivity contribution is -0.115. The lowest BCUT2D eigenvalue weighted by Gasteiger charge is -2.11. The topological polar surface area (TPSA) is 71.3 Å². The third-order valence-corrected chi connectivity index (χ3v) is 3.93. The van der Waals surface area contributed by atoms with Gasteiger partial charge in [-0.05, 0) is 50.5 Å². The van der Waals surface area contributed by atoms with Gasteiger partial charge in [0.05, 0.1) is 12.0 Å². The standard InChI is InChI=1S/C18H22N2O3/c1-5-20-10-13(4)17(18(22)23)15(20)9-16(21)19-14-8-11(2)6-7-12(14)3/h6-8,10H,5,9H2,1-4H3,(H,19,21)(H,22,23). The van der Waals surface area contributed by atoms with Crippen LogP contribution in [0.1, 0.15) is 39.7 Å². The van der Waals surface area contributed by atoms with Crippen LogP contribution in [0, 0.1) is 20.8 Å². The van der Waals surface area contributed by atoms with Crippen molar-refractivity contribution in [1.29, 1.82) is 0 Å². The Hall–Kier alpha value is -2.56. The maximum absolute atomic E-state index is 12.4. The van der Waals surface area contributed by atoms with Gasteiger partial charge < -0.3 is 15.0 Å². The van der Waals surface area contributed by atoms with E-state index in [0.717, 1.165) is 16.8 Å². The van der Waals surface area contributed by atoms with Gasteiger partial charge in [-0.1, -0.05) is 12.1 Å². The fraction of sp³-hybridized carbons (Fsp3) is 0.333. The summed E-state index contributed by atoms with van der Waals surface area (Å²) in [6.07, 6.45) is 1.82. The predicted molar refractivity (Wildman–Crippen MR) is 90.1 cm³/mol. The van der Waals surface area contributed by atoms with E-state index in [1.54, 1.807) is 13.1 Å². The number of aromatic nitrogens is 1. The molecule has 23 heavy (non-hydrogen) atoms. The third-order valence-electron chi connectivity index (χ3n) is 3.93. The SMILES string of the molecule is CCn1cc(C)c(C(=O)O)c1CC(=O)Nc1cc(C)ccc1C. The van der Waals surface area contributed by atoms with Crippen LogP contribution >= 0.6 is 0 Å². The highest BCUT2D eigenvalue weighted by atomic mass is 16.4. The first kappa shape index (κ1) is 16.8. The normalized spacial score (nSPS) is 10.6. The summed E-state index contributed by atoms with van der Waals surface area (Å²) in [6, 6.07) is 5.85. The van der Waals surface area contributed by atoms with Gasteiger partial charge in [-0.2, -0.15) is 0 Å². The molecular weight excluding hydrogens is 292 g/mol. The molecule has 1 heterocycles. The lowest BCUT2D eigenvalue weighted by atomic mass is 10.1. The van der Waals surface area contributed by atoms with E-state index in [1.807, 2.05) is 43.5 Å². The van der Waals surface area contributed by atoms with E-state index < -0.39 is 5.97 Å². The summed E-state index contributed by atoms with van der Waals surface area (Å²) >= 11 is 0. The minimum Gasteiger partial charge on any atom is -0.478 e. The highest BCUT2D eigenvalue weighted by molar-refractivity contribution is 5.96. The van der Waals surface area contributed by atoms with Gasteiger partial charge in [0.2, 0.25) is 5.91 Å². The Bertz CT molecular complexity index is 760. The molecule has 0 aliphatic rings. The Morgan fingerprint density at radius 1 is 1.17 bits per heavy atom. The molecule has 0 saturated carbocycles. The fourth-order valence-electron chi connectivity index (χ4n) is 2.73. The average Bonchev–Trinajstić information content (AvgIpc) is 2.78. The van der Waals surface area contributed by atoms with Gasteiger partial charge in [-0.25, -0.2) is 4.79 Å². The van der Waals surface area contributed by atoms with Crippen molar-refractivity contribution >= 4 is 17.6 Å². The van der Waals surface area contributed by atoms with Gasteiger partial charge >= 0.3 is 5.97 Å². The molecule has 2 rings (SSSR count). The first-order valence-corrected chi connectivity index (χ1v) is 7.62. The molecular formula is C18H22N2O3. The third kappa shape index (κ3) is 3.62. The Morgan fingerprint density at radius 3 is 2.48 bits per heavy atom. The van der Waals surface area contributed by atoms with Gasteiger partial charge in [0.15, 0.2) is 0 Å². The monoisotopic (exact) mass is 314 g/mol. The summed E-state index contributed by atoms with van der Waals surface area (Å²) in [5, 5.41) is 12.3. The number of carboxylic acid groups (broad SMARTS) is 1. The van der Waals surface area contributed by atoms with E-state index in [4.69, 9.17) is 0 Å². The minimum atomic E-state index is -0.996. The number of nitrogens with zero attached hydrogens (tertiary/aromatic N) is 1. The van der Waals surface area contributed by atoms with Crippen LogP contribution in [0.5, 0.6) is 0 Å². The largest absolute Gasteiger partial charge is 0.478 e. The number of amides is 1. The first-order valence-electron chi connectivity index (χ1n) is 7.62. The van der Waals surface area contributed by atoms with E-state index in [1.165, 1.54) is 0 Å². The van der Waals surface area contributed by atoms with Gasteiger partial charge in [-0.15, -0.1) is 0 Å². The second-order valence-electron chi connectivity index (χ2n) is 5.77. The maximum atomic E-state index is 12.4. The van der Waals surface area contributed by atoms with Gasteiger partial charge in [0.25, 0.3) is 0 Å². The molecule has 5 nitrogen and oxygen atoms in total. The Labute approximate surface area is 135 Å². The Balaban J connectivity index is 2.27. The van der Waals surface area contributed by atoms with E-state index in [-0.39, 0.29) is 17.9 Å². The fourth-order valence-corrected chi connectivity index (χ4v) is 2.73. The second kappa shape index (κ2) is 6.69. The van der Waals surface area contributed by atoms with E-state index >= 15 is 0 Å². The van der Waals surface area contributed by atoms with Crippen molar-refractivity contribution in [2.45, 2.75) is 40.7 Å². The molecule has 0 atom stereocenters. The molecule has 0 aliphatic heterocycles. The van der Waals surface area contributed by atoms with Gasteiger partial charge in [0.1, 0.15) is 0 Å². The molecule has 0 bridgehead atoms. The molecule has 2 N–H and O–H groups in total. The molecule has 1 aromatic carbocycles. The van der Waals surface area contributed by atoms with Crippen molar-refractivity contribution in [2.75, 3.05) is 5.32 Å². The number of anilines is 1. The molecule has 1 amide bonds. The molecule has 2 aromatic rings. The van der Waals surface area contributed by atoms with Crippen LogP contribution in [0.2, 0.25) is 0 Å². The number of carboxylic acids is 1. The summed E-state index contributed by atoms with van der Waals surface area (Å²) < 4.78 is 1.82. The summed E-state index contributed by atoms with van der Waals surface area (Å²) in [4.78, 5) is 23.8. The zero-order valence-corrected chi connectivity index (χ0v) is 13.9. The Kier molecular flexibility index (Phi) is 4.89. The number of benzene rings is 1. The van der Waals surface area contributed by atoms with Crippen LogP contribution in [0.3, 0.4) is 0 Å². The van der Waals surface area contributed by atoms with E-state index in [9.17, 15) is 14.7 Å². The highest BCUT2D eigenvalue weighted by Gasteiger charge is 2.21. The number of nitrogens with one attached hydrogen (secondary N) is 1. The first-order chi connectivity index (χ1) is 10.8. The molecule has 0 radical (unpaired) electrons. The number of hydrogen-bond acceptors (Lipinski definition) is 2. The van der Waals surface area contributed by atoms with Crippen LogP contribution in [-0.2, 0) is 17.8 Å². The highest BCUT2D eigenvalue weighted by Crippen LogP contribution is 2.20. The van der Waals surface area contributed by atoms with Crippen LogP contribution in [0.15, 0.2) is 24.4 Å². The number of carbonyl (C=O) groups is 2. The lowest BCUT2D eigenvalue weighted by Crippen LogP contribution is -2.19. The van der Waals surface area contributed by atoms with E-state index in [0.29, 0.717) is 17.8 Å². The summed E-state index contributed by atoms with van der Waals surface area (Å²) in [5.74, 6) is -1.21. The summed E-state index contributed by atoms with van der Waals surface area (Å²) in [5.41, 5.74) is 4.24. The van der Waals surface area contributed by atoms with Crippen LogP contribution in [-0.4, -0.2) is 21.6 Å². The maximum Gasteiger partial charge on any atom is 0.337 e. The molecule has 0 spiro atoms. The Morgan fingerprint density at radius 2 is 1.87 bits per heavy atom. The molecule has 5 heteroatoms. The molecule has 1 aromatic heterocycles. The number of hydrogen-bond donors (Lipinski definition) is 2. The van der Waals surface area contributed by atoms with Gasteiger partial charge in [0, 0.05) is 24.1 Å². The molecule has 0 fully saturated rings. The van der Waals surface area contributed by atoms with Crippen molar-refractivity contribution in [3.05, 3.63) is 52.3 Å². The zero-order valence-electron chi connectivity index (χ0n) is 13.9. The smallest absolute Gasteiger partial charge is 0.337 e. The quantitative estimate of drug-likeness (QED) is 0.889. The minimum absolute atomic E-state index is 0.0384. The molecule has 0 unspecified atom stereocenters. The van der Waals surface area contributed by atoms with Crippen molar-refractivity contribution < 1.29 is 14.7 Å². The number of carbonyl (C=O) groups excluding carboxylic acids is 1. The zero-order chi connectivity index (χ0) is 17.1.